The van der Waals surface area contributed by atoms with Gasteiger partial charge in [-0.25, -0.2) is 0 Å². The zero-order valence-electron chi connectivity index (χ0n) is 10.3. The summed E-state index contributed by atoms with van der Waals surface area (Å²) in [7, 11) is 0. The van der Waals surface area contributed by atoms with Gasteiger partial charge in [0.1, 0.15) is 0 Å². The monoisotopic (exact) mass is 226 g/mol. The molecule has 2 aliphatic rings. The van der Waals surface area contributed by atoms with Crippen LogP contribution in [0.3, 0.4) is 0 Å². The summed E-state index contributed by atoms with van der Waals surface area (Å²) in [6.45, 7) is 3.85. The van der Waals surface area contributed by atoms with Crippen LogP contribution in [0.15, 0.2) is 0 Å². The number of nitrogens with one attached hydrogen (secondary N) is 1. The van der Waals surface area contributed by atoms with E-state index in [-0.39, 0.29) is 0 Å². The fraction of sp³-hybridized carbons (Fsp3) is 1.00. The smallest absolute Gasteiger partial charge is 0.0586 e. The van der Waals surface area contributed by atoms with Gasteiger partial charge in [-0.3, -0.25) is 4.90 Å². The highest BCUT2D eigenvalue weighted by molar-refractivity contribution is 4.81. The Kier molecular flexibility index (Phi) is 5.07. The van der Waals surface area contributed by atoms with Crippen LogP contribution in [0.2, 0.25) is 0 Å². The van der Waals surface area contributed by atoms with Crippen molar-refractivity contribution in [1.82, 2.24) is 10.2 Å². The van der Waals surface area contributed by atoms with Crippen LogP contribution in [0.5, 0.6) is 0 Å². The third-order valence-electron chi connectivity index (χ3n) is 4.08. The van der Waals surface area contributed by atoms with E-state index in [4.69, 9.17) is 0 Å². The molecule has 0 aliphatic carbocycles. The third kappa shape index (κ3) is 3.44. The minimum absolute atomic E-state index is 0.340. The van der Waals surface area contributed by atoms with Crippen LogP contribution in [0.4, 0.5) is 0 Å². The normalized spacial score (nSPS) is 33.6. The van der Waals surface area contributed by atoms with Crippen LogP contribution >= 0.6 is 0 Å². The first-order valence-corrected chi connectivity index (χ1v) is 6.98. The fourth-order valence-corrected chi connectivity index (χ4v) is 3.05. The molecule has 2 N–H and O–H groups in total. The van der Waals surface area contributed by atoms with E-state index in [1.165, 1.54) is 58.0 Å². The molecule has 94 valence electrons. The summed E-state index contributed by atoms with van der Waals surface area (Å²) in [5, 5.41) is 13.1. The van der Waals surface area contributed by atoms with Crippen molar-refractivity contribution < 1.29 is 5.11 Å². The summed E-state index contributed by atoms with van der Waals surface area (Å²) in [5.41, 5.74) is 0. The number of nitrogens with zero attached hydrogens (tertiary/aromatic N) is 1. The highest BCUT2D eigenvalue weighted by Crippen LogP contribution is 2.18. The second kappa shape index (κ2) is 6.58. The van der Waals surface area contributed by atoms with E-state index in [0.29, 0.717) is 18.7 Å². The molecule has 3 heteroatoms. The summed E-state index contributed by atoms with van der Waals surface area (Å²) < 4.78 is 0. The van der Waals surface area contributed by atoms with Gasteiger partial charge < -0.3 is 10.4 Å². The minimum atomic E-state index is 0.340. The van der Waals surface area contributed by atoms with E-state index in [9.17, 15) is 5.11 Å². The maximum atomic E-state index is 9.45. The molecular formula is C13H26N2O. The van der Waals surface area contributed by atoms with E-state index in [1.807, 2.05) is 0 Å². The summed E-state index contributed by atoms with van der Waals surface area (Å²) in [4.78, 5) is 2.52. The molecule has 2 rings (SSSR count). The number of aliphatic hydroxyl groups is 1. The van der Waals surface area contributed by atoms with Crippen molar-refractivity contribution in [3.05, 3.63) is 0 Å². The average molecular weight is 226 g/mol. The highest BCUT2D eigenvalue weighted by Gasteiger charge is 2.23. The standard InChI is InChI=1S/C13H26N2O/c16-11-13-7-2-1-5-9-15(13)10-12-6-3-4-8-14-12/h12-14,16H,1-11H2. The summed E-state index contributed by atoms with van der Waals surface area (Å²) in [6.07, 6.45) is 9.14. The van der Waals surface area contributed by atoms with Gasteiger partial charge in [-0.05, 0) is 38.8 Å². The Labute approximate surface area is 99.2 Å². The summed E-state index contributed by atoms with van der Waals surface area (Å²) in [5.74, 6) is 0. The lowest BCUT2D eigenvalue weighted by Crippen LogP contribution is -2.48. The van der Waals surface area contributed by atoms with Crippen molar-refractivity contribution in [2.75, 3.05) is 26.2 Å². The molecule has 2 heterocycles. The van der Waals surface area contributed by atoms with Crippen LogP contribution in [-0.4, -0.2) is 48.3 Å². The molecular weight excluding hydrogens is 200 g/mol. The minimum Gasteiger partial charge on any atom is -0.395 e. The number of hydrogen-bond acceptors (Lipinski definition) is 3. The molecule has 3 nitrogen and oxygen atoms in total. The van der Waals surface area contributed by atoms with Crippen molar-refractivity contribution in [3.8, 4) is 0 Å². The van der Waals surface area contributed by atoms with E-state index in [2.05, 4.69) is 10.2 Å². The molecule has 0 spiro atoms. The number of piperidine rings is 1. The van der Waals surface area contributed by atoms with E-state index >= 15 is 0 Å². The summed E-state index contributed by atoms with van der Waals surface area (Å²) >= 11 is 0. The fourth-order valence-electron chi connectivity index (χ4n) is 3.05. The third-order valence-corrected chi connectivity index (χ3v) is 4.08. The number of rotatable bonds is 3. The molecule has 2 aliphatic heterocycles. The zero-order chi connectivity index (χ0) is 11.2. The molecule has 0 aromatic carbocycles. The largest absolute Gasteiger partial charge is 0.395 e. The first-order chi connectivity index (χ1) is 7.90. The van der Waals surface area contributed by atoms with E-state index < -0.39 is 0 Å². The van der Waals surface area contributed by atoms with E-state index in [0.717, 1.165) is 6.54 Å². The van der Waals surface area contributed by atoms with Gasteiger partial charge in [-0.1, -0.05) is 19.3 Å². The average Bonchev–Trinajstić information content (AvgIpc) is 2.55. The van der Waals surface area contributed by atoms with Gasteiger partial charge in [-0.15, -0.1) is 0 Å². The van der Waals surface area contributed by atoms with Gasteiger partial charge in [-0.2, -0.15) is 0 Å². The number of aliphatic hydroxyl groups excluding tert-OH is 1. The molecule has 0 aromatic heterocycles. The van der Waals surface area contributed by atoms with Crippen molar-refractivity contribution in [1.29, 1.82) is 0 Å². The Morgan fingerprint density at radius 2 is 1.94 bits per heavy atom. The van der Waals surface area contributed by atoms with Gasteiger partial charge in [0.25, 0.3) is 0 Å². The van der Waals surface area contributed by atoms with Gasteiger partial charge in [0, 0.05) is 18.6 Å². The Morgan fingerprint density at radius 1 is 1.06 bits per heavy atom. The lowest BCUT2D eigenvalue weighted by molar-refractivity contribution is 0.110. The molecule has 0 radical (unpaired) electrons. The maximum absolute atomic E-state index is 9.45. The second-order valence-corrected chi connectivity index (χ2v) is 5.33. The molecule has 16 heavy (non-hydrogen) atoms. The molecule has 0 aromatic rings. The Balaban J connectivity index is 1.83. The summed E-state index contributed by atoms with van der Waals surface area (Å²) in [6, 6.07) is 1.09. The van der Waals surface area contributed by atoms with Crippen LogP contribution in [-0.2, 0) is 0 Å². The Morgan fingerprint density at radius 3 is 2.69 bits per heavy atom. The molecule has 2 atom stereocenters. The van der Waals surface area contributed by atoms with Crippen LogP contribution < -0.4 is 5.32 Å². The molecule has 2 saturated heterocycles. The zero-order valence-corrected chi connectivity index (χ0v) is 10.3. The topological polar surface area (TPSA) is 35.5 Å². The predicted octanol–water partition coefficient (Wildman–Crippen LogP) is 1.37. The van der Waals surface area contributed by atoms with E-state index in [1.54, 1.807) is 0 Å². The van der Waals surface area contributed by atoms with Crippen LogP contribution in [0.25, 0.3) is 0 Å². The Hall–Kier alpha value is -0.120. The molecule has 0 bridgehead atoms. The van der Waals surface area contributed by atoms with Crippen molar-refractivity contribution in [3.63, 3.8) is 0 Å². The van der Waals surface area contributed by atoms with Crippen molar-refractivity contribution in [2.45, 2.75) is 57.0 Å². The first-order valence-electron chi connectivity index (χ1n) is 6.98. The van der Waals surface area contributed by atoms with Crippen molar-refractivity contribution >= 4 is 0 Å². The SMILES string of the molecule is OCC1CCCCCN1CC1CCCCN1. The lowest BCUT2D eigenvalue weighted by Gasteiger charge is -2.34. The number of hydrogen-bond donors (Lipinski definition) is 2. The molecule has 2 fully saturated rings. The molecule has 0 saturated carbocycles. The van der Waals surface area contributed by atoms with Crippen LogP contribution in [0, 0.1) is 0 Å². The molecule has 0 amide bonds. The first kappa shape index (κ1) is 12.3. The van der Waals surface area contributed by atoms with Gasteiger partial charge in [0.05, 0.1) is 6.61 Å². The Bertz CT molecular complexity index is 192. The number of likely N-dealkylation sites (tertiary alicyclic amines) is 1. The lowest BCUT2D eigenvalue weighted by atomic mass is 10.0. The molecule has 2 unspecified atom stereocenters. The van der Waals surface area contributed by atoms with Crippen molar-refractivity contribution in [2.24, 2.45) is 0 Å². The van der Waals surface area contributed by atoms with Crippen LogP contribution in [0.1, 0.15) is 44.9 Å². The highest BCUT2D eigenvalue weighted by atomic mass is 16.3. The predicted molar refractivity (Wildman–Crippen MR) is 66.6 cm³/mol. The quantitative estimate of drug-likeness (QED) is 0.763. The van der Waals surface area contributed by atoms with Gasteiger partial charge in [0.2, 0.25) is 0 Å². The van der Waals surface area contributed by atoms with Gasteiger partial charge >= 0.3 is 0 Å². The maximum Gasteiger partial charge on any atom is 0.0586 e. The van der Waals surface area contributed by atoms with Gasteiger partial charge in [0.15, 0.2) is 0 Å². The second-order valence-electron chi connectivity index (χ2n) is 5.33.